The highest BCUT2D eigenvalue weighted by atomic mass is 32.2. The van der Waals surface area contributed by atoms with Crippen LogP contribution in [-0.2, 0) is 20.0 Å². The molecule has 7 heteroatoms. The molecule has 0 saturated carbocycles. The highest BCUT2D eigenvalue weighted by Crippen LogP contribution is 2.00. The van der Waals surface area contributed by atoms with Gasteiger partial charge in [0.25, 0.3) is 0 Å². The summed E-state index contributed by atoms with van der Waals surface area (Å²) in [6.45, 7) is 1.07. The van der Waals surface area contributed by atoms with Gasteiger partial charge in [-0.2, -0.15) is 0 Å². The molecule has 0 aromatic carbocycles. The second-order valence-electron chi connectivity index (χ2n) is 2.40. The van der Waals surface area contributed by atoms with Crippen molar-refractivity contribution in [2.45, 2.75) is 12.2 Å². The molecule has 0 bridgehead atoms. The normalized spacial score (nSPS) is 16.3. The van der Waals surface area contributed by atoms with E-state index in [4.69, 9.17) is 0 Å². The molecule has 0 aliphatic carbocycles. The van der Waals surface area contributed by atoms with Crippen molar-refractivity contribution in [3.05, 3.63) is 0 Å². The summed E-state index contributed by atoms with van der Waals surface area (Å²) in [6, 6.07) is 0. The Balaban J connectivity index is 4.47. The first-order chi connectivity index (χ1) is 4.63. The molecule has 0 aliphatic rings. The lowest BCUT2D eigenvalue weighted by atomic mass is 10.6. The highest BCUT2D eigenvalue weighted by Gasteiger charge is 2.15. The molecular weight excluding hydrogens is 192 g/mol. The summed E-state index contributed by atoms with van der Waals surface area (Å²) >= 11 is 0. The van der Waals surface area contributed by atoms with E-state index in [-0.39, 0.29) is 0 Å². The minimum absolute atomic E-state index is 0.612. The lowest BCUT2D eigenvalue weighted by Gasteiger charge is -2.13. The van der Waals surface area contributed by atoms with Crippen molar-refractivity contribution in [1.82, 2.24) is 0 Å². The van der Waals surface area contributed by atoms with Crippen molar-refractivity contribution in [1.29, 1.82) is 0 Å². The summed E-state index contributed by atoms with van der Waals surface area (Å²) in [5.41, 5.74) is 0. The lowest BCUT2D eigenvalue weighted by molar-refractivity contribution is 0.453. The first kappa shape index (κ1) is 10.9. The Labute approximate surface area is 66.1 Å². The van der Waals surface area contributed by atoms with Crippen LogP contribution in [-0.4, -0.2) is 38.6 Å². The molecule has 68 valence electrons. The summed E-state index contributed by atoms with van der Waals surface area (Å²) in [7, 11) is -7.85. The Kier molecular flexibility index (Phi) is 3.04. The van der Waals surface area contributed by atoms with Crippen molar-refractivity contribution in [2.24, 2.45) is 0 Å². The molecule has 0 aromatic heterocycles. The average Bonchev–Trinajstić information content (AvgIpc) is 1.56. The zero-order chi connectivity index (χ0) is 9.28. The average molecular weight is 201 g/mol. The van der Waals surface area contributed by atoms with Crippen LogP contribution in [0.2, 0.25) is 0 Å². The van der Waals surface area contributed by atoms with Gasteiger partial charge in [0.2, 0.25) is 0 Å². The van der Waals surface area contributed by atoms with Gasteiger partial charge in [-0.3, -0.25) is 0 Å². The maximum absolute atomic E-state index is 10.5. The van der Waals surface area contributed by atoms with Crippen molar-refractivity contribution in [3.8, 4) is 0 Å². The fraction of sp³-hybridized carbons (Fsp3) is 1.00. The first-order valence-corrected chi connectivity index (χ1v) is 6.28. The Bertz CT molecular complexity index is 310. The number of hydrogen-bond acceptors (Lipinski definition) is 5. The van der Waals surface area contributed by atoms with E-state index in [1.54, 1.807) is 0 Å². The predicted molar refractivity (Wildman–Crippen MR) is 38.9 cm³/mol. The van der Waals surface area contributed by atoms with E-state index < -0.39 is 31.0 Å². The quantitative estimate of drug-likeness (QED) is 0.544. The van der Waals surface area contributed by atoms with E-state index >= 15 is 0 Å². The van der Waals surface area contributed by atoms with Gasteiger partial charge in [0.1, 0.15) is 9.84 Å². The predicted octanol–water partition coefficient (Wildman–Crippen LogP) is -1.04. The molecule has 1 atom stereocenters. The van der Waals surface area contributed by atoms with Crippen molar-refractivity contribution >= 4 is 20.0 Å². The van der Waals surface area contributed by atoms with E-state index in [1.807, 2.05) is 0 Å². The molecule has 0 saturated heterocycles. The monoisotopic (exact) mass is 201 g/mol. The topological polar surface area (TPSA) is 91.3 Å². The molecule has 0 N–H and O–H groups in total. The van der Waals surface area contributed by atoms with E-state index in [0.29, 0.717) is 0 Å². The van der Waals surface area contributed by atoms with E-state index in [0.717, 1.165) is 13.2 Å². The minimum atomic E-state index is -4.47. The lowest BCUT2D eigenvalue weighted by Crippen LogP contribution is -2.25. The zero-order valence-electron chi connectivity index (χ0n) is 6.14. The Morgan fingerprint density at radius 3 is 1.73 bits per heavy atom. The van der Waals surface area contributed by atoms with Gasteiger partial charge < -0.3 is 4.55 Å². The number of hydrogen-bond donors (Lipinski definition) is 0. The summed E-state index contributed by atoms with van der Waals surface area (Å²) in [5, 5.41) is -1.36. The first-order valence-electron chi connectivity index (χ1n) is 2.75. The van der Waals surface area contributed by atoms with Gasteiger partial charge in [-0.05, 0) is 6.92 Å². The standard InChI is InChI=1S/C4H10O5S2/c1-4(11(7,8)9)3-10(2,5)6/h4H,3H2,1-2H3,(H,7,8,9)/p-1. The fourth-order valence-electron chi connectivity index (χ4n) is 0.510. The van der Waals surface area contributed by atoms with Crippen LogP contribution in [0, 0.1) is 0 Å². The van der Waals surface area contributed by atoms with Gasteiger partial charge in [-0.25, -0.2) is 16.8 Å². The van der Waals surface area contributed by atoms with Gasteiger partial charge in [-0.1, -0.05) is 0 Å². The van der Waals surface area contributed by atoms with Crippen molar-refractivity contribution < 1.29 is 21.4 Å². The van der Waals surface area contributed by atoms with Gasteiger partial charge in [0.15, 0.2) is 0 Å². The van der Waals surface area contributed by atoms with Crippen molar-refractivity contribution in [2.75, 3.05) is 12.0 Å². The van der Waals surface area contributed by atoms with Crippen LogP contribution in [0.3, 0.4) is 0 Å². The van der Waals surface area contributed by atoms with E-state index in [9.17, 15) is 21.4 Å². The summed E-state index contributed by atoms with van der Waals surface area (Å²) in [5.74, 6) is -0.612. The molecule has 0 amide bonds. The minimum Gasteiger partial charge on any atom is -0.748 e. The fourth-order valence-corrected chi connectivity index (χ4v) is 2.77. The van der Waals surface area contributed by atoms with E-state index in [2.05, 4.69) is 0 Å². The molecule has 0 spiro atoms. The molecule has 5 nitrogen and oxygen atoms in total. The smallest absolute Gasteiger partial charge is 0.148 e. The molecule has 0 radical (unpaired) electrons. The number of sulfone groups is 1. The highest BCUT2D eigenvalue weighted by molar-refractivity contribution is 7.92. The third kappa shape index (κ3) is 5.16. The molecule has 0 heterocycles. The second-order valence-corrected chi connectivity index (χ2v) is 6.37. The SMILES string of the molecule is CC(CS(C)(=O)=O)S(=O)(=O)[O-]. The Hall–Kier alpha value is -0.140. The van der Waals surface area contributed by atoms with Crippen LogP contribution in [0.1, 0.15) is 6.92 Å². The molecule has 0 aliphatic heterocycles. The summed E-state index contributed by atoms with van der Waals surface area (Å²) in [4.78, 5) is 0. The molecule has 11 heavy (non-hydrogen) atoms. The van der Waals surface area contributed by atoms with Gasteiger partial charge in [0.05, 0.1) is 21.1 Å². The van der Waals surface area contributed by atoms with Crippen LogP contribution in [0.4, 0.5) is 0 Å². The molecular formula is C4H9O5S2-. The Morgan fingerprint density at radius 2 is 1.64 bits per heavy atom. The second kappa shape index (κ2) is 3.08. The zero-order valence-corrected chi connectivity index (χ0v) is 7.78. The summed E-state index contributed by atoms with van der Waals surface area (Å²) < 4.78 is 51.5. The van der Waals surface area contributed by atoms with Gasteiger partial charge in [-0.15, -0.1) is 0 Å². The van der Waals surface area contributed by atoms with E-state index in [1.165, 1.54) is 0 Å². The van der Waals surface area contributed by atoms with Crippen LogP contribution >= 0.6 is 0 Å². The Morgan fingerprint density at radius 1 is 1.27 bits per heavy atom. The largest absolute Gasteiger partial charge is 0.748 e. The molecule has 0 aromatic rings. The molecule has 1 unspecified atom stereocenters. The van der Waals surface area contributed by atoms with Crippen LogP contribution < -0.4 is 0 Å². The van der Waals surface area contributed by atoms with Gasteiger partial charge >= 0.3 is 0 Å². The van der Waals surface area contributed by atoms with Crippen LogP contribution in [0.25, 0.3) is 0 Å². The van der Waals surface area contributed by atoms with Crippen LogP contribution in [0.15, 0.2) is 0 Å². The maximum Gasteiger partial charge on any atom is 0.148 e. The van der Waals surface area contributed by atoms with Gasteiger partial charge in [0, 0.05) is 6.26 Å². The summed E-state index contributed by atoms with van der Waals surface area (Å²) in [6.07, 6.45) is 0.884. The van der Waals surface area contributed by atoms with Crippen LogP contribution in [0.5, 0.6) is 0 Å². The molecule has 0 rings (SSSR count). The van der Waals surface area contributed by atoms with Crippen molar-refractivity contribution in [3.63, 3.8) is 0 Å². The number of rotatable bonds is 3. The maximum atomic E-state index is 10.5. The third-order valence-corrected chi connectivity index (χ3v) is 3.50. The third-order valence-electron chi connectivity index (χ3n) is 1.03. The molecule has 0 fully saturated rings.